The Morgan fingerprint density at radius 3 is 2.05 bits per heavy atom. The van der Waals surface area contributed by atoms with Gasteiger partial charge in [-0.05, 0) is 63.1 Å². The Bertz CT molecular complexity index is 1370. The smallest absolute Gasteiger partial charge is 0.264 e. The summed E-state index contributed by atoms with van der Waals surface area (Å²) in [5, 5.41) is 2.95. The second-order valence-electron chi connectivity index (χ2n) is 9.01. The Kier molecular flexibility index (Phi) is 8.99. The fourth-order valence-electron chi connectivity index (χ4n) is 3.90. The highest BCUT2D eigenvalue weighted by Crippen LogP contribution is 2.31. The highest BCUT2D eigenvalue weighted by atomic mass is 35.5. The molecule has 0 bridgehead atoms. The zero-order valence-corrected chi connectivity index (χ0v) is 23.2. The summed E-state index contributed by atoms with van der Waals surface area (Å²) >= 11 is 6.33. The molecule has 3 rings (SSSR count). The summed E-state index contributed by atoms with van der Waals surface area (Å²) in [6.07, 6.45) is 0. The zero-order valence-electron chi connectivity index (χ0n) is 21.7. The van der Waals surface area contributed by atoms with Gasteiger partial charge >= 0.3 is 0 Å². The van der Waals surface area contributed by atoms with Crippen LogP contribution in [0.3, 0.4) is 0 Å². The first-order valence-electron chi connectivity index (χ1n) is 11.9. The van der Waals surface area contributed by atoms with Crippen molar-refractivity contribution in [2.45, 2.75) is 45.2 Å². The minimum absolute atomic E-state index is 0.0507. The molecule has 0 saturated carbocycles. The topological polar surface area (TPSA) is 86.8 Å². The van der Waals surface area contributed by atoms with Gasteiger partial charge in [0.15, 0.2) is 0 Å². The van der Waals surface area contributed by atoms with Crippen molar-refractivity contribution < 1.29 is 18.0 Å². The monoisotopic (exact) mass is 541 g/mol. The van der Waals surface area contributed by atoms with Crippen molar-refractivity contribution >= 4 is 39.1 Å². The van der Waals surface area contributed by atoms with Gasteiger partial charge < -0.3 is 10.2 Å². The Morgan fingerprint density at radius 1 is 0.919 bits per heavy atom. The van der Waals surface area contributed by atoms with Gasteiger partial charge in [-0.15, -0.1) is 0 Å². The Balaban J connectivity index is 2.07. The van der Waals surface area contributed by atoms with Crippen LogP contribution in [0.5, 0.6) is 0 Å². The lowest BCUT2D eigenvalue weighted by molar-refractivity contribution is -0.139. The maximum absolute atomic E-state index is 13.9. The molecule has 0 fully saturated rings. The van der Waals surface area contributed by atoms with Crippen LogP contribution in [0.1, 0.15) is 29.2 Å². The van der Waals surface area contributed by atoms with E-state index in [9.17, 15) is 18.0 Å². The molecule has 37 heavy (non-hydrogen) atoms. The van der Waals surface area contributed by atoms with Crippen LogP contribution in [0.25, 0.3) is 0 Å². The molecule has 9 heteroatoms. The predicted octanol–water partition coefficient (Wildman–Crippen LogP) is 4.62. The number of rotatable bonds is 9. The average molecular weight is 542 g/mol. The molecule has 1 atom stereocenters. The number of hydrogen-bond donors (Lipinski definition) is 1. The van der Waals surface area contributed by atoms with Crippen LogP contribution in [-0.4, -0.2) is 44.8 Å². The number of carbonyl (C=O) groups excluding carboxylic acids is 2. The fraction of sp³-hybridized carbons (Fsp3) is 0.286. The van der Waals surface area contributed by atoms with E-state index in [1.807, 2.05) is 38.1 Å². The zero-order chi connectivity index (χ0) is 27.3. The van der Waals surface area contributed by atoms with Crippen molar-refractivity contribution in [1.82, 2.24) is 10.2 Å². The molecule has 0 aliphatic carbocycles. The van der Waals surface area contributed by atoms with Crippen molar-refractivity contribution in [3.63, 3.8) is 0 Å². The first kappa shape index (κ1) is 28.2. The molecule has 2 amide bonds. The Labute approximate surface area is 224 Å². The van der Waals surface area contributed by atoms with Crippen LogP contribution in [0, 0.1) is 20.8 Å². The minimum Gasteiger partial charge on any atom is -0.357 e. The number of nitrogens with zero attached hydrogens (tertiary/aromatic N) is 2. The summed E-state index contributed by atoms with van der Waals surface area (Å²) in [6, 6.07) is 18.1. The summed E-state index contributed by atoms with van der Waals surface area (Å²) in [4.78, 5) is 27.8. The Morgan fingerprint density at radius 2 is 1.49 bits per heavy atom. The molecule has 0 radical (unpaired) electrons. The van der Waals surface area contributed by atoms with Crippen LogP contribution in [0.2, 0.25) is 5.02 Å². The number of carbonyl (C=O) groups is 2. The number of nitrogens with one attached hydrogen (secondary N) is 1. The van der Waals surface area contributed by atoms with Gasteiger partial charge in [-0.2, -0.15) is 0 Å². The summed E-state index contributed by atoms with van der Waals surface area (Å²) in [5.41, 5.74) is 3.61. The summed E-state index contributed by atoms with van der Waals surface area (Å²) in [5.74, 6) is -0.876. The SMILES string of the molecule is CNC(=O)C(C)N(Cc1ccc(C)cc1)C(=O)CN(c1cccc(Cl)c1C)S(=O)(=O)c1ccc(C)cc1. The van der Waals surface area contributed by atoms with Crippen molar-refractivity contribution in [1.29, 1.82) is 0 Å². The number of sulfonamides is 1. The third-order valence-corrected chi connectivity index (χ3v) is 8.47. The van der Waals surface area contributed by atoms with Gasteiger partial charge in [-0.1, -0.05) is 65.2 Å². The molecule has 1 N–H and O–H groups in total. The summed E-state index contributed by atoms with van der Waals surface area (Å²) < 4.78 is 28.8. The van der Waals surface area contributed by atoms with Crippen LogP contribution in [0.4, 0.5) is 5.69 Å². The van der Waals surface area contributed by atoms with Gasteiger partial charge in [0.1, 0.15) is 12.6 Å². The molecule has 0 heterocycles. The molecule has 7 nitrogen and oxygen atoms in total. The van der Waals surface area contributed by atoms with E-state index < -0.39 is 28.5 Å². The van der Waals surface area contributed by atoms with Gasteiger partial charge in [-0.25, -0.2) is 8.42 Å². The van der Waals surface area contributed by atoms with E-state index in [-0.39, 0.29) is 17.3 Å². The maximum Gasteiger partial charge on any atom is 0.264 e. The van der Waals surface area contributed by atoms with Crippen molar-refractivity contribution in [2.24, 2.45) is 0 Å². The molecule has 0 aromatic heterocycles. The largest absolute Gasteiger partial charge is 0.357 e. The van der Waals surface area contributed by atoms with Crippen LogP contribution < -0.4 is 9.62 Å². The van der Waals surface area contributed by atoms with Crippen molar-refractivity contribution in [3.05, 3.63) is 94.0 Å². The van der Waals surface area contributed by atoms with E-state index in [1.165, 1.54) is 24.1 Å². The number of benzene rings is 3. The molecule has 0 aliphatic heterocycles. The molecular weight excluding hydrogens is 510 g/mol. The normalized spacial score (nSPS) is 12.1. The van der Waals surface area contributed by atoms with E-state index in [1.54, 1.807) is 44.2 Å². The molecular formula is C28H32ClN3O4S. The fourth-order valence-corrected chi connectivity index (χ4v) is 5.54. The molecule has 3 aromatic rings. The molecule has 196 valence electrons. The highest BCUT2D eigenvalue weighted by molar-refractivity contribution is 7.92. The molecule has 1 unspecified atom stereocenters. The highest BCUT2D eigenvalue weighted by Gasteiger charge is 2.33. The lowest BCUT2D eigenvalue weighted by Crippen LogP contribution is -2.50. The van der Waals surface area contributed by atoms with E-state index >= 15 is 0 Å². The number of amides is 2. The second kappa shape index (κ2) is 11.8. The van der Waals surface area contributed by atoms with E-state index in [4.69, 9.17) is 11.6 Å². The van der Waals surface area contributed by atoms with Gasteiger partial charge in [0, 0.05) is 18.6 Å². The Hall–Kier alpha value is -3.36. The van der Waals surface area contributed by atoms with Crippen LogP contribution in [0.15, 0.2) is 71.6 Å². The van der Waals surface area contributed by atoms with Crippen molar-refractivity contribution in [2.75, 3.05) is 17.9 Å². The first-order valence-corrected chi connectivity index (χ1v) is 13.7. The molecule has 0 spiro atoms. The summed E-state index contributed by atoms with van der Waals surface area (Å²) in [7, 11) is -2.65. The lowest BCUT2D eigenvalue weighted by Gasteiger charge is -2.32. The first-order chi connectivity index (χ1) is 17.4. The standard InChI is InChI=1S/C28H32ClN3O4S/c1-19-9-13-23(14-10-19)17-31(22(4)28(34)30-5)27(33)18-32(26-8-6-7-25(29)21(26)3)37(35,36)24-15-11-20(2)12-16-24/h6-16,22H,17-18H2,1-5H3,(H,30,34). The minimum atomic E-state index is -4.14. The van der Waals surface area contributed by atoms with Gasteiger partial charge in [0.05, 0.1) is 10.6 Å². The summed E-state index contributed by atoms with van der Waals surface area (Å²) in [6.45, 7) is 6.78. The average Bonchev–Trinajstić information content (AvgIpc) is 2.88. The van der Waals surface area contributed by atoms with Crippen LogP contribution >= 0.6 is 11.6 Å². The van der Waals surface area contributed by atoms with E-state index in [0.29, 0.717) is 16.3 Å². The molecule has 3 aromatic carbocycles. The van der Waals surface area contributed by atoms with Crippen molar-refractivity contribution in [3.8, 4) is 0 Å². The lowest BCUT2D eigenvalue weighted by atomic mass is 10.1. The van der Waals surface area contributed by atoms with Gasteiger partial charge in [-0.3, -0.25) is 13.9 Å². The van der Waals surface area contributed by atoms with E-state index in [0.717, 1.165) is 21.0 Å². The van der Waals surface area contributed by atoms with Crippen LogP contribution in [-0.2, 0) is 26.2 Å². The number of hydrogen-bond acceptors (Lipinski definition) is 4. The molecule has 0 aliphatic rings. The number of anilines is 1. The number of aryl methyl sites for hydroxylation is 2. The second-order valence-corrected chi connectivity index (χ2v) is 11.3. The third kappa shape index (κ3) is 6.50. The van der Waals surface area contributed by atoms with Gasteiger partial charge in [0.25, 0.3) is 10.0 Å². The number of likely N-dealkylation sites (N-methyl/N-ethyl adjacent to an activating group) is 1. The predicted molar refractivity (Wildman–Crippen MR) is 147 cm³/mol. The van der Waals surface area contributed by atoms with E-state index in [2.05, 4.69) is 5.32 Å². The van der Waals surface area contributed by atoms with Gasteiger partial charge in [0.2, 0.25) is 11.8 Å². The molecule has 0 saturated heterocycles. The third-order valence-electron chi connectivity index (χ3n) is 6.28. The maximum atomic E-state index is 13.9. The quantitative estimate of drug-likeness (QED) is 0.428. The number of halogens is 1.